The Hall–Kier alpha value is -0.590. The Bertz CT molecular complexity index is 303. The van der Waals surface area contributed by atoms with Gasteiger partial charge in [0.05, 0.1) is 3.79 Å². The zero-order chi connectivity index (χ0) is 10.4. The summed E-state index contributed by atoms with van der Waals surface area (Å²) in [5.74, 6) is 0. The minimum absolute atomic E-state index is 0.481. The molecule has 0 atom stereocenters. The summed E-state index contributed by atoms with van der Waals surface area (Å²) in [6.45, 7) is 2.08. The summed E-state index contributed by atoms with van der Waals surface area (Å²) in [4.78, 5) is 10.3. The molecule has 0 aromatic carbocycles. The quantitative estimate of drug-likeness (QED) is 0.710. The van der Waals surface area contributed by atoms with Crippen molar-refractivity contribution in [1.29, 1.82) is 0 Å². The van der Waals surface area contributed by atoms with Crippen LogP contribution < -0.4 is 16.4 Å². The van der Waals surface area contributed by atoms with Crippen LogP contribution in [0.1, 0.15) is 5.56 Å². The number of rotatable bonds is 5. The molecule has 1 heterocycles. The van der Waals surface area contributed by atoms with Gasteiger partial charge in [-0.15, -0.1) is 11.3 Å². The predicted molar refractivity (Wildman–Crippen MR) is 61.3 cm³/mol. The summed E-state index contributed by atoms with van der Waals surface area (Å²) in [5.41, 5.74) is 6.14. The van der Waals surface area contributed by atoms with Crippen LogP contribution in [-0.2, 0) is 6.54 Å². The molecule has 0 unspecified atom stereocenters. The van der Waals surface area contributed by atoms with E-state index in [1.54, 1.807) is 11.3 Å². The van der Waals surface area contributed by atoms with Gasteiger partial charge in [-0.1, -0.05) is 0 Å². The predicted octanol–water partition coefficient (Wildman–Crippen LogP) is 1.27. The van der Waals surface area contributed by atoms with Gasteiger partial charge in [0.25, 0.3) is 0 Å². The fourth-order valence-electron chi connectivity index (χ4n) is 0.945. The number of nitrogens with two attached hydrogens (primary N) is 1. The van der Waals surface area contributed by atoms with Crippen molar-refractivity contribution in [2.75, 3.05) is 13.1 Å². The average Bonchev–Trinajstić information content (AvgIpc) is 2.50. The van der Waals surface area contributed by atoms with Crippen molar-refractivity contribution < 1.29 is 4.79 Å². The van der Waals surface area contributed by atoms with E-state index in [1.165, 1.54) is 5.56 Å². The number of halogens is 1. The van der Waals surface area contributed by atoms with Crippen molar-refractivity contribution >= 4 is 33.3 Å². The molecule has 0 saturated carbocycles. The molecule has 2 amide bonds. The van der Waals surface area contributed by atoms with Gasteiger partial charge >= 0.3 is 6.03 Å². The molecule has 14 heavy (non-hydrogen) atoms. The minimum atomic E-state index is -0.481. The molecule has 4 N–H and O–H groups in total. The first-order valence-electron chi connectivity index (χ1n) is 4.15. The van der Waals surface area contributed by atoms with Gasteiger partial charge in [0, 0.05) is 19.6 Å². The highest BCUT2D eigenvalue weighted by Crippen LogP contribution is 2.20. The lowest BCUT2D eigenvalue weighted by atomic mass is 10.3. The third-order valence-electron chi connectivity index (χ3n) is 1.55. The maximum atomic E-state index is 10.3. The molecule has 1 aromatic heterocycles. The molecule has 0 radical (unpaired) electrons. The summed E-state index contributed by atoms with van der Waals surface area (Å²) in [6, 6.07) is 1.59. The maximum Gasteiger partial charge on any atom is 0.312 e. The van der Waals surface area contributed by atoms with Crippen LogP contribution in [0.5, 0.6) is 0 Å². The third kappa shape index (κ3) is 4.59. The second-order valence-corrected chi connectivity index (χ2v) is 5.02. The Labute approximate surface area is 95.0 Å². The number of nitrogens with one attached hydrogen (secondary N) is 2. The van der Waals surface area contributed by atoms with E-state index < -0.39 is 6.03 Å². The van der Waals surface area contributed by atoms with Crippen LogP contribution in [0, 0.1) is 0 Å². The van der Waals surface area contributed by atoms with E-state index in [0.717, 1.165) is 16.9 Å². The highest BCUT2D eigenvalue weighted by Gasteiger charge is 1.96. The smallest absolute Gasteiger partial charge is 0.312 e. The Balaban J connectivity index is 2.07. The van der Waals surface area contributed by atoms with E-state index in [0.29, 0.717) is 6.54 Å². The molecule has 0 aliphatic carbocycles. The highest BCUT2D eigenvalue weighted by atomic mass is 79.9. The molecule has 0 fully saturated rings. The number of hydrogen-bond donors (Lipinski definition) is 3. The summed E-state index contributed by atoms with van der Waals surface area (Å²) in [7, 11) is 0. The lowest BCUT2D eigenvalue weighted by molar-refractivity contribution is 0.249. The number of carbonyl (C=O) groups is 1. The van der Waals surface area contributed by atoms with E-state index in [4.69, 9.17) is 5.73 Å². The van der Waals surface area contributed by atoms with Crippen molar-refractivity contribution in [1.82, 2.24) is 10.6 Å². The number of thiophene rings is 1. The molecular formula is C8H12BrN3OS. The van der Waals surface area contributed by atoms with Gasteiger partial charge in [-0.05, 0) is 32.9 Å². The van der Waals surface area contributed by atoms with Gasteiger partial charge in [-0.25, -0.2) is 4.79 Å². The van der Waals surface area contributed by atoms with Crippen LogP contribution in [0.3, 0.4) is 0 Å². The normalized spacial score (nSPS) is 10.1. The molecule has 1 rings (SSSR count). The monoisotopic (exact) mass is 277 g/mol. The first-order valence-corrected chi connectivity index (χ1v) is 5.82. The van der Waals surface area contributed by atoms with Gasteiger partial charge in [0.2, 0.25) is 0 Å². The van der Waals surface area contributed by atoms with Crippen LogP contribution in [0.15, 0.2) is 15.2 Å². The van der Waals surface area contributed by atoms with Crippen LogP contribution in [-0.4, -0.2) is 19.1 Å². The summed E-state index contributed by atoms with van der Waals surface area (Å²) >= 11 is 5.05. The Morgan fingerprint density at radius 1 is 1.57 bits per heavy atom. The van der Waals surface area contributed by atoms with Crippen molar-refractivity contribution in [2.24, 2.45) is 5.73 Å². The SMILES string of the molecule is NC(=O)NCCNCc1csc(Br)c1. The Kier molecular flexibility index (Phi) is 4.92. The molecule has 0 aliphatic heterocycles. The standard InChI is InChI=1S/C8H12BrN3OS/c9-7-3-6(5-14-7)4-11-1-2-12-8(10)13/h3,5,11H,1-2,4H2,(H3,10,12,13). The number of primary amides is 1. The van der Waals surface area contributed by atoms with Crippen molar-refractivity contribution in [3.63, 3.8) is 0 Å². The molecule has 0 aliphatic rings. The van der Waals surface area contributed by atoms with Gasteiger partial charge < -0.3 is 16.4 Å². The van der Waals surface area contributed by atoms with E-state index >= 15 is 0 Å². The third-order valence-corrected chi connectivity index (χ3v) is 3.11. The molecule has 78 valence electrons. The lowest BCUT2D eigenvalue weighted by Gasteiger charge is -2.03. The Morgan fingerprint density at radius 3 is 2.93 bits per heavy atom. The van der Waals surface area contributed by atoms with Crippen molar-refractivity contribution in [3.05, 3.63) is 20.8 Å². The zero-order valence-corrected chi connectivity index (χ0v) is 9.95. The highest BCUT2D eigenvalue weighted by molar-refractivity contribution is 9.11. The largest absolute Gasteiger partial charge is 0.352 e. The van der Waals surface area contributed by atoms with Crippen molar-refractivity contribution in [2.45, 2.75) is 6.54 Å². The fraction of sp³-hybridized carbons (Fsp3) is 0.375. The van der Waals surface area contributed by atoms with Crippen molar-refractivity contribution in [3.8, 4) is 0 Å². The summed E-state index contributed by atoms with van der Waals surface area (Å²) < 4.78 is 1.13. The average molecular weight is 278 g/mol. The van der Waals surface area contributed by atoms with Gasteiger partial charge in [0.1, 0.15) is 0 Å². The van der Waals surface area contributed by atoms with Crippen LogP contribution >= 0.6 is 27.3 Å². The maximum absolute atomic E-state index is 10.3. The van der Waals surface area contributed by atoms with Gasteiger partial charge in [-0.3, -0.25) is 0 Å². The van der Waals surface area contributed by atoms with E-state index in [2.05, 4.69) is 38.0 Å². The second kappa shape index (κ2) is 6.00. The van der Waals surface area contributed by atoms with E-state index in [9.17, 15) is 4.79 Å². The zero-order valence-electron chi connectivity index (χ0n) is 7.55. The second-order valence-electron chi connectivity index (χ2n) is 2.73. The van der Waals surface area contributed by atoms with Gasteiger partial charge in [0.15, 0.2) is 0 Å². The number of hydrogen-bond acceptors (Lipinski definition) is 3. The molecular weight excluding hydrogens is 266 g/mol. The van der Waals surface area contributed by atoms with Crippen LogP contribution in [0.4, 0.5) is 4.79 Å². The summed E-state index contributed by atoms with van der Waals surface area (Å²) in [6.07, 6.45) is 0. The minimum Gasteiger partial charge on any atom is -0.352 e. The van der Waals surface area contributed by atoms with E-state index in [-0.39, 0.29) is 0 Å². The first-order chi connectivity index (χ1) is 6.68. The van der Waals surface area contributed by atoms with Crippen LogP contribution in [0.25, 0.3) is 0 Å². The lowest BCUT2D eigenvalue weighted by Crippen LogP contribution is -2.35. The topological polar surface area (TPSA) is 67.2 Å². The molecule has 6 heteroatoms. The number of carbonyl (C=O) groups excluding carboxylic acids is 1. The molecule has 0 saturated heterocycles. The number of amides is 2. The van der Waals surface area contributed by atoms with E-state index in [1.807, 2.05) is 0 Å². The molecule has 1 aromatic rings. The molecule has 0 spiro atoms. The summed E-state index contributed by atoms with van der Waals surface area (Å²) in [5, 5.41) is 7.77. The van der Waals surface area contributed by atoms with Crippen LogP contribution in [0.2, 0.25) is 0 Å². The fourth-order valence-corrected chi connectivity index (χ4v) is 2.15. The Morgan fingerprint density at radius 2 is 2.36 bits per heavy atom. The number of urea groups is 1. The first kappa shape index (κ1) is 11.5. The molecule has 4 nitrogen and oxygen atoms in total. The molecule has 0 bridgehead atoms. The van der Waals surface area contributed by atoms with Gasteiger partial charge in [-0.2, -0.15) is 0 Å².